The van der Waals surface area contributed by atoms with Crippen molar-refractivity contribution in [3.8, 4) is 5.75 Å². The van der Waals surface area contributed by atoms with Crippen LogP contribution in [0.4, 0.5) is 0 Å². The Morgan fingerprint density at radius 2 is 1.84 bits per heavy atom. The molecule has 0 radical (unpaired) electrons. The standard InChI is InChI=1S/C17H18O2/c1-11-4-3-5-13(8-11)17-10-15(18)14-9-12(2)6-7-16(14)19-17/h3-9,15,17-18H,10H2,1-2H3. The quantitative estimate of drug-likeness (QED) is 0.837. The number of hydrogen-bond acceptors (Lipinski definition) is 2. The Balaban J connectivity index is 1.95. The third-order valence-corrected chi connectivity index (χ3v) is 3.64. The molecule has 1 aliphatic rings. The first-order valence-electron chi connectivity index (χ1n) is 6.65. The smallest absolute Gasteiger partial charge is 0.127 e. The fraction of sp³-hybridized carbons (Fsp3) is 0.294. The molecule has 19 heavy (non-hydrogen) atoms. The number of fused-ring (bicyclic) bond motifs is 1. The lowest BCUT2D eigenvalue weighted by Crippen LogP contribution is -2.19. The molecule has 0 saturated heterocycles. The van der Waals surface area contributed by atoms with Crippen molar-refractivity contribution in [1.82, 2.24) is 0 Å². The summed E-state index contributed by atoms with van der Waals surface area (Å²) in [6.07, 6.45) is 0.0965. The molecule has 0 amide bonds. The normalized spacial score (nSPS) is 21.6. The molecule has 1 N–H and O–H groups in total. The van der Waals surface area contributed by atoms with E-state index in [-0.39, 0.29) is 6.10 Å². The van der Waals surface area contributed by atoms with Gasteiger partial charge in [0.05, 0.1) is 6.10 Å². The second-order valence-corrected chi connectivity index (χ2v) is 5.31. The van der Waals surface area contributed by atoms with Crippen LogP contribution in [-0.2, 0) is 0 Å². The average Bonchev–Trinajstić information content (AvgIpc) is 2.39. The summed E-state index contributed by atoms with van der Waals surface area (Å²) in [5, 5.41) is 10.3. The van der Waals surface area contributed by atoms with E-state index in [1.165, 1.54) is 5.56 Å². The van der Waals surface area contributed by atoms with Crippen molar-refractivity contribution in [3.05, 3.63) is 64.7 Å². The van der Waals surface area contributed by atoms with Crippen LogP contribution in [0.25, 0.3) is 0 Å². The minimum atomic E-state index is -0.450. The summed E-state index contributed by atoms with van der Waals surface area (Å²) >= 11 is 0. The van der Waals surface area contributed by atoms with Crippen LogP contribution in [0.2, 0.25) is 0 Å². The van der Waals surface area contributed by atoms with Gasteiger partial charge in [-0.1, -0.05) is 41.5 Å². The molecule has 1 aliphatic heterocycles. The molecule has 2 atom stereocenters. The number of ether oxygens (including phenoxy) is 1. The van der Waals surface area contributed by atoms with E-state index >= 15 is 0 Å². The first kappa shape index (κ1) is 12.2. The molecular weight excluding hydrogens is 236 g/mol. The molecular formula is C17H18O2. The molecule has 2 aromatic rings. The lowest BCUT2D eigenvalue weighted by atomic mass is 9.93. The Hall–Kier alpha value is -1.80. The van der Waals surface area contributed by atoms with Gasteiger partial charge in [-0.05, 0) is 31.5 Å². The predicted octanol–water partition coefficient (Wildman–Crippen LogP) is 3.86. The van der Waals surface area contributed by atoms with E-state index in [1.807, 2.05) is 31.2 Å². The summed E-state index contributed by atoms with van der Waals surface area (Å²) in [5.74, 6) is 0.802. The van der Waals surface area contributed by atoms with Gasteiger partial charge < -0.3 is 9.84 Å². The Bertz CT molecular complexity index is 604. The summed E-state index contributed by atoms with van der Waals surface area (Å²) in [5.41, 5.74) is 4.40. The summed E-state index contributed by atoms with van der Waals surface area (Å²) in [6.45, 7) is 4.10. The largest absolute Gasteiger partial charge is 0.485 e. The van der Waals surface area contributed by atoms with Crippen molar-refractivity contribution in [2.75, 3.05) is 0 Å². The summed E-state index contributed by atoms with van der Waals surface area (Å²) in [4.78, 5) is 0. The Kier molecular flexibility index (Phi) is 3.03. The highest BCUT2D eigenvalue weighted by Gasteiger charge is 2.27. The van der Waals surface area contributed by atoms with E-state index in [9.17, 15) is 5.11 Å². The van der Waals surface area contributed by atoms with Crippen molar-refractivity contribution >= 4 is 0 Å². The van der Waals surface area contributed by atoms with Crippen molar-refractivity contribution in [3.63, 3.8) is 0 Å². The minimum absolute atomic E-state index is 0.0647. The molecule has 0 bridgehead atoms. The predicted molar refractivity (Wildman–Crippen MR) is 75.3 cm³/mol. The summed E-state index contributed by atoms with van der Waals surface area (Å²) in [6, 6.07) is 14.3. The van der Waals surface area contributed by atoms with Gasteiger partial charge in [0.25, 0.3) is 0 Å². The fourth-order valence-corrected chi connectivity index (χ4v) is 2.64. The maximum absolute atomic E-state index is 10.3. The van der Waals surface area contributed by atoms with Gasteiger partial charge in [0, 0.05) is 12.0 Å². The van der Waals surface area contributed by atoms with E-state index in [0.717, 1.165) is 22.4 Å². The van der Waals surface area contributed by atoms with Crippen LogP contribution >= 0.6 is 0 Å². The number of hydrogen-bond donors (Lipinski definition) is 1. The molecule has 2 heteroatoms. The number of benzene rings is 2. The maximum Gasteiger partial charge on any atom is 0.127 e. The van der Waals surface area contributed by atoms with Gasteiger partial charge in [0.2, 0.25) is 0 Å². The van der Waals surface area contributed by atoms with E-state index in [0.29, 0.717) is 6.42 Å². The van der Waals surface area contributed by atoms with Gasteiger partial charge >= 0.3 is 0 Å². The molecule has 3 rings (SSSR count). The molecule has 2 unspecified atom stereocenters. The van der Waals surface area contributed by atoms with Gasteiger partial charge in [0.1, 0.15) is 11.9 Å². The zero-order valence-electron chi connectivity index (χ0n) is 11.3. The Labute approximate surface area is 113 Å². The van der Waals surface area contributed by atoms with Crippen molar-refractivity contribution in [2.24, 2.45) is 0 Å². The second-order valence-electron chi connectivity index (χ2n) is 5.31. The lowest BCUT2D eigenvalue weighted by Gasteiger charge is -2.30. The van der Waals surface area contributed by atoms with Crippen LogP contribution < -0.4 is 4.74 Å². The minimum Gasteiger partial charge on any atom is -0.485 e. The van der Waals surface area contributed by atoms with Crippen LogP contribution in [0.15, 0.2) is 42.5 Å². The number of aryl methyl sites for hydroxylation is 2. The number of aliphatic hydroxyl groups is 1. The first-order valence-corrected chi connectivity index (χ1v) is 6.65. The molecule has 1 heterocycles. The van der Waals surface area contributed by atoms with E-state index in [1.54, 1.807) is 0 Å². The van der Waals surface area contributed by atoms with Crippen molar-refractivity contribution in [2.45, 2.75) is 32.5 Å². The van der Waals surface area contributed by atoms with Gasteiger partial charge in [-0.2, -0.15) is 0 Å². The Morgan fingerprint density at radius 1 is 1.05 bits per heavy atom. The number of aliphatic hydroxyl groups excluding tert-OH is 1. The Morgan fingerprint density at radius 3 is 2.63 bits per heavy atom. The van der Waals surface area contributed by atoms with E-state index in [4.69, 9.17) is 4.74 Å². The summed E-state index contributed by atoms with van der Waals surface area (Å²) in [7, 11) is 0. The van der Waals surface area contributed by atoms with E-state index < -0.39 is 6.10 Å². The SMILES string of the molecule is Cc1cccc(C2CC(O)c3cc(C)ccc3O2)c1. The lowest BCUT2D eigenvalue weighted by molar-refractivity contribution is 0.0656. The zero-order valence-corrected chi connectivity index (χ0v) is 11.3. The van der Waals surface area contributed by atoms with Crippen molar-refractivity contribution < 1.29 is 9.84 Å². The second kappa shape index (κ2) is 4.71. The van der Waals surface area contributed by atoms with Gasteiger partial charge in [-0.25, -0.2) is 0 Å². The highest BCUT2D eigenvalue weighted by Crippen LogP contribution is 2.41. The van der Waals surface area contributed by atoms with Crippen LogP contribution in [0, 0.1) is 13.8 Å². The summed E-state index contributed by atoms with van der Waals surface area (Å²) < 4.78 is 6.04. The molecule has 0 saturated carbocycles. The highest BCUT2D eigenvalue weighted by atomic mass is 16.5. The van der Waals surface area contributed by atoms with Crippen LogP contribution in [0.1, 0.15) is 40.9 Å². The van der Waals surface area contributed by atoms with Crippen molar-refractivity contribution in [1.29, 1.82) is 0 Å². The van der Waals surface area contributed by atoms with Gasteiger partial charge in [-0.15, -0.1) is 0 Å². The van der Waals surface area contributed by atoms with Gasteiger partial charge in [0.15, 0.2) is 0 Å². The van der Waals surface area contributed by atoms with Gasteiger partial charge in [-0.3, -0.25) is 0 Å². The molecule has 0 aliphatic carbocycles. The highest BCUT2D eigenvalue weighted by molar-refractivity contribution is 5.41. The third-order valence-electron chi connectivity index (χ3n) is 3.64. The molecule has 2 aromatic carbocycles. The van der Waals surface area contributed by atoms with Crippen LogP contribution in [0.3, 0.4) is 0 Å². The third kappa shape index (κ3) is 2.36. The molecule has 2 nitrogen and oxygen atoms in total. The first-order chi connectivity index (χ1) is 9.13. The number of rotatable bonds is 1. The van der Waals surface area contributed by atoms with Crippen LogP contribution in [0.5, 0.6) is 5.75 Å². The maximum atomic E-state index is 10.3. The molecule has 0 spiro atoms. The monoisotopic (exact) mass is 254 g/mol. The topological polar surface area (TPSA) is 29.5 Å². The molecule has 98 valence electrons. The van der Waals surface area contributed by atoms with Crippen LogP contribution in [-0.4, -0.2) is 5.11 Å². The zero-order chi connectivity index (χ0) is 13.4. The molecule has 0 fully saturated rings. The van der Waals surface area contributed by atoms with E-state index in [2.05, 4.69) is 25.1 Å². The average molecular weight is 254 g/mol. The molecule has 0 aromatic heterocycles. The fourth-order valence-electron chi connectivity index (χ4n) is 2.64.